The van der Waals surface area contributed by atoms with Crippen LogP contribution in [0, 0.1) is 5.82 Å². The molecule has 184 valence electrons. The van der Waals surface area contributed by atoms with Crippen molar-refractivity contribution in [3.05, 3.63) is 102 Å². The number of amides is 1. The Bertz CT molecular complexity index is 1550. The van der Waals surface area contributed by atoms with Crippen molar-refractivity contribution < 1.29 is 18.6 Å². The van der Waals surface area contributed by atoms with E-state index in [9.17, 15) is 9.18 Å². The second kappa shape index (κ2) is 10.5. The Hall–Kier alpha value is -5.39. The summed E-state index contributed by atoms with van der Waals surface area (Å²) in [6.45, 7) is 0.279. The van der Waals surface area contributed by atoms with E-state index in [1.54, 1.807) is 48.5 Å². The molecule has 0 saturated carbocycles. The number of hydrogen-bond donors (Lipinski definition) is 2. The average molecular weight is 498 g/mol. The van der Waals surface area contributed by atoms with Crippen molar-refractivity contribution in [3.63, 3.8) is 0 Å². The number of benzene rings is 3. The van der Waals surface area contributed by atoms with Gasteiger partial charge >= 0.3 is 0 Å². The highest BCUT2D eigenvalue weighted by molar-refractivity contribution is 5.98. The molecule has 0 spiro atoms. The van der Waals surface area contributed by atoms with E-state index in [4.69, 9.17) is 10.5 Å². The number of ether oxygens (including phenoxy) is 1. The number of nitrogens with zero attached hydrogens (tertiary/aromatic N) is 6. The first-order chi connectivity index (χ1) is 18.1. The molecule has 0 aliphatic carbocycles. The average Bonchev–Trinajstić information content (AvgIpc) is 3.55. The van der Waals surface area contributed by atoms with Gasteiger partial charge in [-0.1, -0.05) is 59.8 Å². The molecule has 0 radical (unpaired) electrons. The summed E-state index contributed by atoms with van der Waals surface area (Å²) < 4.78 is 24.8. The van der Waals surface area contributed by atoms with Crippen LogP contribution in [0.25, 0.3) is 17.1 Å². The number of carbonyl (C=O) groups excluding carboxylic acids is 1. The molecule has 2 aromatic heterocycles. The first-order valence-corrected chi connectivity index (χ1v) is 11.0. The van der Waals surface area contributed by atoms with E-state index in [0.29, 0.717) is 22.6 Å². The van der Waals surface area contributed by atoms with E-state index in [2.05, 4.69) is 35.8 Å². The summed E-state index contributed by atoms with van der Waals surface area (Å²) in [7, 11) is 0. The van der Waals surface area contributed by atoms with Crippen LogP contribution in [0.5, 0.6) is 5.75 Å². The van der Waals surface area contributed by atoms with Crippen LogP contribution in [0.4, 0.5) is 10.2 Å². The molecular formula is C25H19FN8O3. The predicted molar refractivity (Wildman–Crippen MR) is 131 cm³/mol. The van der Waals surface area contributed by atoms with Crippen molar-refractivity contribution in [2.75, 3.05) is 5.73 Å². The SMILES string of the molecule is Nc1nonc1-n1nnc(C(=O)N/N=C\c2cccc(OCc3ccc(F)cc3)c2)c1-c1ccccc1. The normalized spacial score (nSPS) is 11.1. The molecule has 0 fully saturated rings. The topological polar surface area (TPSA) is 146 Å². The Kier molecular flexibility index (Phi) is 6.61. The molecule has 0 unspecified atom stereocenters. The number of hydrazone groups is 1. The number of nitrogen functional groups attached to an aromatic ring is 1. The van der Waals surface area contributed by atoms with Crippen molar-refractivity contribution in [2.24, 2.45) is 5.10 Å². The maximum absolute atomic E-state index is 13.1. The van der Waals surface area contributed by atoms with Gasteiger partial charge in [0.25, 0.3) is 5.91 Å². The summed E-state index contributed by atoms with van der Waals surface area (Å²) in [5, 5.41) is 19.4. The van der Waals surface area contributed by atoms with E-state index in [0.717, 1.165) is 5.56 Å². The van der Waals surface area contributed by atoms with Crippen LogP contribution in [-0.2, 0) is 6.61 Å². The molecule has 11 nitrogen and oxygen atoms in total. The Labute approximate surface area is 209 Å². The number of aromatic nitrogens is 5. The molecule has 5 aromatic rings. The summed E-state index contributed by atoms with van der Waals surface area (Å²) in [6, 6.07) is 22.2. The maximum Gasteiger partial charge on any atom is 0.294 e. The number of nitrogens with two attached hydrogens (primary N) is 1. The number of anilines is 1. The van der Waals surface area contributed by atoms with Crippen molar-refractivity contribution in [2.45, 2.75) is 6.61 Å². The lowest BCUT2D eigenvalue weighted by molar-refractivity contribution is 0.0950. The molecule has 37 heavy (non-hydrogen) atoms. The minimum Gasteiger partial charge on any atom is -0.489 e. The zero-order valence-electron chi connectivity index (χ0n) is 19.2. The molecule has 0 saturated heterocycles. The number of rotatable bonds is 8. The van der Waals surface area contributed by atoms with Crippen molar-refractivity contribution in [3.8, 4) is 22.8 Å². The van der Waals surface area contributed by atoms with Gasteiger partial charge in [-0.15, -0.1) is 5.10 Å². The molecule has 0 aliphatic rings. The lowest BCUT2D eigenvalue weighted by Gasteiger charge is -2.07. The van der Waals surface area contributed by atoms with Crippen molar-refractivity contribution in [1.82, 2.24) is 30.7 Å². The molecule has 1 amide bonds. The Morgan fingerprint density at radius 1 is 1.08 bits per heavy atom. The standard InChI is InChI=1S/C25H19FN8O3/c26-19-11-9-16(10-12-19)15-36-20-8-4-5-17(13-20)14-28-30-25(35)21-22(18-6-2-1-3-7-18)34(33-29-21)24-23(27)31-37-32-24/h1-14H,15H2,(H2,27,31)(H,30,35)/b28-14-. The molecule has 3 aromatic carbocycles. The van der Waals surface area contributed by atoms with Gasteiger partial charge in [0.15, 0.2) is 5.69 Å². The summed E-state index contributed by atoms with van der Waals surface area (Å²) in [5.41, 5.74) is 10.8. The highest BCUT2D eigenvalue weighted by Gasteiger charge is 2.25. The summed E-state index contributed by atoms with van der Waals surface area (Å²) in [5.74, 6) is -0.213. The van der Waals surface area contributed by atoms with Gasteiger partial charge in [-0.25, -0.2) is 14.4 Å². The summed E-state index contributed by atoms with van der Waals surface area (Å²) >= 11 is 0. The zero-order valence-corrected chi connectivity index (χ0v) is 19.2. The van der Waals surface area contributed by atoms with E-state index < -0.39 is 5.91 Å². The molecule has 12 heteroatoms. The minimum atomic E-state index is -0.597. The number of hydrogen-bond acceptors (Lipinski definition) is 9. The van der Waals surface area contributed by atoms with Gasteiger partial charge in [0, 0.05) is 5.56 Å². The molecule has 5 rings (SSSR count). The van der Waals surface area contributed by atoms with E-state index in [1.807, 2.05) is 18.2 Å². The van der Waals surface area contributed by atoms with Crippen LogP contribution in [0.2, 0.25) is 0 Å². The Morgan fingerprint density at radius 2 is 1.89 bits per heavy atom. The largest absolute Gasteiger partial charge is 0.489 e. The Morgan fingerprint density at radius 3 is 2.65 bits per heavy atom. The smallest absolute Gasteiger partial charge is 0.294 e. The van der Waals surface area contributed by atoms with Gasteiger partial charge < -0.3 is 10.5 Å². The van der Waals surface area contributed by atoms with Gasteiger partial charge in [0.1, 0.15) is 23.9 Å². The summed E-state index contributed by atoms with van der Waals surface area (Å²) in [6.07, 6.45) is 1.47. The fraction of sp³-hybridized carbons (Fsp3) is 0.0400. The highest BCUT2D eigenvalue weighted by atomic mass is 19.1. The first-order valence-electron chi connectivity index (χ1n) is 11.0. The van der Waals surface area contributed by atoms with Gasteiger partial charge in [-0.05, 0) is 45.7 Å². The lowest BCUT2D eigenvalue weighted by atomic mass is 10.1. The monoisotopic (exact) mass is 498 g/mol. The number of carbonyl (C=O) groups is 1. The molecule has 0 aliphatic heterocycles. The van der Waals surface area contributed by atoms with Crippen LogP contribution < -0.4 is 15.9 Å². The fourth-order valence-corrected chi connectivity index (χ4v) is 3.43. The van der Waals surface area contributed by atoms with Crippen LogP contribution >= 0.6 is 0 Å². The first kappa shape index (κ1) is 23.4. The van der Waals surface area contributed by atoms with Crippen molar-refractivity contribution >= 4 is 17.9 Å². The zero-order chi connectivity index (χ0) is 25.6. The minimum absolute atomic E-state index is 0.00197. The molecular weight excluding hydrogens is 479 g/mol. The number of halogens is 1. The second-order valence-electron chi connectivity index (χ2n) is 7.72. The van der Waals surface area contributed by atoms with E-state index >= 15 is 0 Å². The van der Waals surface area contributed by atoms with Gasteiger partial charge in [0.2, 0.25) is 11.6 Å². The predicted octanol–water partition coefficient (Wildman–Crippen LogP) is 3.38. The van der Waals surface area contributed by atoms with E-state index in [1.165, 1.54) is 23.0 Å². The maximum atomic E-state index is 13.1. The lowest BCUT2D eigenvalue weighted by Crippen LogP contribution is -2.19. The van der Waals surface area contributed by atoms with Gasteiger partial charge in [-0.3, -0.25) is 4.79 Å². The third kappa shape index (κ3) is 5.32. The molecule has 2 heterocycles. The third-order valence-electron chi connectivity index (χ3n) is 5.19. The van der Waals surface area contributed by atoms with Crippen LogP contribution in [0.15, 0.2) is 88.6 Å². The molecule has 3 N–H and O–H groups in total. The number of nitrogens with one attached hydrogen (secondary N) is 1. The van der Waals surface area contributed by atoms with Crippen LogP contribution in [-0.4, -0.2) is 37.4 Å². The van der Waals surface area contributed by atoms with Gasteiger partial charge in [0.05, 0.1) is 6.21 Å². The third-order valence-corrected chi connectivity index (χ3v) is 5.19. The molecule has 0 bridgehead atoms. The van der Waals surface area contributed by atoms with Crippen LogP contribution in [0.3, 0.4) is 0 Å². The van der Waals surface area contributed by atoms with Crippen LogP contribution in [0.1, 0.15) is 21.6 Å². The molecule has 0 atom stereocenters. The second-order valence-corrected chi connectivity index (χ2v) is 7.72. The summed E-state index contributed by atoms with van der Waals surface area (Å²) in [4.78, 5) is 13.0. The fourth-order valence-electron chi connectivity index (χ4n) is 3.43. The highest BCUT2D eigenvalue weighted by Crippen LogP contribution is 2.26. The van der Waals surface area contributed by atoms with Crippen molar-refractivity contribution in [1.29, 1.82) is 0 Å². The van der Waals surface area contributed by atoms with Gasteiger partial charge in [-0.2, -0.15) is 9.78 Å². The van der Waals surface area contributed by atoms with E-state index in [-0.39, 0.29) is 29.8 Å². The quantitative estimate of drug-likeness (QED) is 0.245. The Balaban J connectivity index is 1.31.